The van der Waals surface area contributed by atoms with Gasteiger partial charge in [-0.25, -0.2) is 4.79 Å². The van der Waals surface area contributed by atoms with E-state index in [1.807, 2.05) is 0 Å². The molecule has 0 unspecified atom stereocenters. The van der Waals surface area contributed by atoms with Gasteiger partial charge in [-0.2, -0.15) is 0 Å². The van der Waals surface area contributed by atoms with Crippen molar-refractivity contribution in [3.8, 4) is 0 Å². The Morgan fingerprint density at radius 2 is 2.00 bits per heavy atom. The van der Waals surface area contributed by atoms with E-state index in [1.165, 1.54) is 12.0 Å². The molecule has 1 fully saturated rings. The fourth-order valence-corrected chi connectivity index (χ4v) is 2.26. The van der Waals surface area contributed by atoms with Crippen LogP contribution in [0, 0.1) is 5.92 Å². The van der Waals surface area contributed by atoms with Crippen molar-refractivity contribution in [1.82, 2.24) is 4.90 Å². The Balaban J connectivity index is 2.81. The lowest BCUT2D eigenvalue weighted by atomic mass is 9.90. The van der Waals surface area contributed by atoms with E-state index < -0.39 is 29.6 Å². The Hall–Kier alpha value is -1.30. The zero-order valence-corrected chi connectivity index (χ0v) is 12.0. The number of carbonyl (C=O) groups excluding carboxylic acids is 2. The highest BCUT2D eigenvalue weighted by molar-refractivity contribution is 5.75. The third kappa shape index (κ3) is 4.09. The minimum Gasteiger partial charge on any atom is -0.469 e. The number of piperidine rings is 1. The number of nitrogens with zero attached hydrogens (tertiary/aromatic N) is 1. The largest absolute Gasteiger partial charge is 0.469 e. The molecule has 110 valence electrons. The molecule has 1 rings (SSSR count). The van der Waals surface area contributed by atoms with Gasteiger partial charge in [0.1, 0.15) is 5.60 Å². The fraction of sp³-hybridized carbons (Fsp3) is 0.846. The summed E-state index contributed by atoms with van der Waals surface area (Å²) in [6, 6.07) is -0.573. The lowest BCUT2D eigenvalue weighted by Crippen LogP contribution is -2.53. The van der Waals surface area contributed by atoms with Crippen LogP contribution in [0.5, 0.6) is 0 Å². The monoisotopic (exact) mass is 273 g/mol. The molecule has 0 radical (unpaired) electrons. The van der Waals surface area contributed by atoms with Crippen molar-refractivity contribution < 1.29 is 24.2 Å². The molecule has 1 aliphatic rings. The molecule has 1 N–H and O–H groups in total. The number of amides is 1. The maximum absolute atomic E-state index is 12.1. The molecule has 2 atom stereocenters. The minimum atomic E-state index is -0.602. The van der Waals surface area contributed by atoms with Crippen LogP contribution in [0.3, 0.4) is 0 Å². The van der Waals surface area contributed by atoms with E-state index in [9.17, 15) is 14.7 Å². The van der Waals surface area contributed by atoms with Crippen molar-refractivity contribution >= 4 is 12.1 Å². The predicted octanol–water partition coefficient (Wildman–Crippen LogP) is 1.17. The van der Waals surface area contributed by atoms with E-state index in [0.717, 1.165) is 0 Å². The summed E-state index contributed by atoms with van der Waals surface area (Å²) < 4.78 is 10.0. The van der Waals surface area contributed by atoms with Crippen LogP contribution in [0.2, 0.25) is 0 Å². The SMILES string of the molecule is COC(=O)[C@@H]1CCCN(C(=O)OC(C)(C)C)[C@H]1CO. The fourth-order valence-electron chi connectivity index (χ4n) is 2.26. The summed E-state index contributed by atoms with van der Waals surface area (Å²) in [4.78, 5) is 25.2. The van der Waals surface area contributed by atoms with Crippen molar-refractivity contribution in [1.29, 1.82) is 0 Å². The van der Waals surface area contributed by atoms with Crippen LogP contribution < -0.4 is 0 Å². The van der Waals surface area contributed by atoms with Gasteiger partial charge in [0, 0.05) is 6.54 Å². The highest BCUT2D eigenvalue weighted by Crippen LogP contribution is 2.26. The third-order valence-corrected chi connectivity index (χ3v) is 3.10. The van der Waals surface area contributed by atoms with Crippen LogP contribution in [-0.2, 0) is 14.3 Å². The first-order chi connectivity index (χ1) is 8.80. The number of ether oxygens (including phenoxy) is 2. The number of hydrogen-bond acceptors (Lipinski definition) is 5. The smallest absolute Gasteiger partial charge is 0.410 e. The Bertz CT molecular complexity index is 336. The summed E-state index contributed by atoms with van der Waals surface area (Å²) in [5.41, 5.74) is -0.602. The van der Waals surface area contributed by atoms with Crippen molar-refractivity contribution in [2.45, 2.75) is 45.3 Å². The number of likely N-dealkylation sites (tertiary alicyclic amines) is 1. The van der Waals surface area contributed by atoms with Gasteiger partial charge in [0.15, 0.2) is 0 Å². The standard InChI is InChI=1S/C13H23NO5/c1-13(2,3)19-12(17)14-7-5-6-9(10(14)8-15)11(16)18-4/h9-10,15H,5-8H2,1-4H3/t9-,10+/m1/s1. The number of methoxy groups -OCH3 is 1. The molecule has 19 heavy (non-hydrogen) atoms. The van der Waals surface area contributed by atoms with Gasteiger partial charge in [-0.1, -0.05) is 0 Å². The molecule has 1 saturated heterocycles. The first kappa shape index (κ1) is 15.8. The van der Waals surface area contributed by atoms with Crippen LogP contribution in [-0.4, -0.2) is 54.0 Å². The third-order valence-electron chi connectivity index (χ3n) is 3.10. The van der Waals surface area contributed by atoms with Crippen LogP contribution in [0.1, 0.15) is 33.6 Å². The maximum atomic E-state index is 12.1. The highest BCUT2D eigenvalue weighted by atomic mass is 16.6. The molecule has 1 heterocycles. The van der Waals surface area contributed by atoms with Crippen molar-refractivity contribution in [3.63, 3.8) is 0 Å². The van der Waals surface area contributed by atoms with E-state index in [1.54, 1.807) is 20.8 Å². The van der Waals surface area contributed by atoms with Crippen molar-refractivity contribution in [2.24, 2.45) is 5.92 Å². The van der Waals surface area contributed by atoms with E-state index in [2.05, 4.69) is 0 Å². The van der Waals surface area contributed by atoms with E-state index in [0.29, 0.717) is 19.4 Å². The maximum Gasteiger partial charge on any atom is 0.410 e. The molecular formula is C13H23NO5. The molecule has 0 aromatic rings. The van der Waals surface area contributed by atoms with Crippen molar-refractivity contribution in [3.05, 3.63) is 0 Å². The average Bonchev–Trinajstić information content (AvgIpc) is 2.34. The molecule has 6 nitrogen and oxygen atoms in total. The summed E-state index contributed by atoms with van der Waals surface area (Å²) in [6.07, 6.45) is 0.798. The van der Waals surface area contributed by atoms with E-state index >= 15 is 0 Å². The van der Waals surface area contributed by atoms with Gasteiger partial charge in [-0.3, -0.25) is 4.79 Å². The molecule has 0 saturated carbocycles. The van der Waals surface area contributed by atoms with Gasteiger partial charge in [-0.15, -0.1) is 0 Å². The number of carbonyl (C=O) groups is 2. The first-order valence-electron chi connectivity index (χ1n) is 6.48. The summed E-state index contributed by atoms with van der Waals surface area (Å²) in [7, 11) is 1.31. The average molecular weight is 273 g/mol. The second-order valence-electron chi connectivity index (χ2n) is 5.70. The van der Waals surface area contributed by atoms with Gasteiger partial charge >= 0.3 is 12.1 Å². The number of aliphatic hydroxyl groups excluding tert-OH is 1. The zero-order chi connectivity index (χ0) is 14.6. The van der Waals surface area contributed by atoms with E-state index in [-0.39, 0.29) is 6.61 Å². The number of esters is 1. The van der Waals surface area contributed by atoms with Crippen molar-refractivity contribution in [2.75, 3.05) is 20.3 Å². The molecule has 6 heteroatoms. The molecule has 0 bridgehead atoms. The second-order valence-corrected chi connectivity index (χ2v) is 5.70. The number of rotatable bonds is 2. The Morgan fingerprint density at radius 3 is 2.47 bits per heavy atom. The number of aliphatic hydroxyl groups is 1. The van der Waals surface area contributed by atoms with Gasteiger partial charge in [0.2, 0.25) is 0 Å². The van der Waals surface area contributed by atoms with Gasteiger partial charge in [0.25, 0.3) is 0 Å². The minimum absolute atomic E-state index is 0.279. The Kier molecular flexibility index (Phi) is 5.17. The Labute approximate surface area is 113 Å². The summed E-state index contributed by atoms with van der Waals surface area (Å²) in [6.45, 7) is 5.54. The quantitative estimate of drug-likeness (QED) is 0.764. The topological polar surface area (TPSA) is 76.1 Å². The molecule has 0 aliphatic carbocycles. The molecule has 0 aromatic heterocycles. The van der Waals surface area contributed by atoms with Crippen LogP contribution in [0.15, 0.2) is 0 Å². The Morgan fingerprint density at radius 1 is 1.37 bits per heavy atom. The zero-order valence-electron chi connectivity index (χ0n) is 12.0. The van der Waals surface area contributed by atoms with Crippen LogP contribution in [0.4, 0.5) is 4.79 Å². The first-order valence-corrected chi connectivity index (χ1v) is 6.48. The molecule has 1 aliphatic heterocycles. The summed E-state index contributed by atoms with van der Waals surface area (Å²) in [5.74, 6) is -0.886. The molecule has 0 aromatic carbocycles. The predicted molar refractivity (Wildman–Crippen MR) is 68.6 cm³/mol. The molecule has 0 spiro atoms. The number of hydrogen-bond donors (Lipinski definition) is 1. The van der Waals surface area contributed by atoms with Crippen LogP contribution >= 0.6 is 0 Å². The highest BCUT2D eigenvalue weighted by Gasteiger charge is 2.40. The summed E-state index contributed by atoms with van der Waals surface area (Å²) in [5, 5.41) is 9.47. The normalized spacial score (nSPS) is 23.9. The van der Waals surface area contributed by atoms with E-state index in [4.69, 9.17) is 9.47 Å². The molecule has 1 amide bonds. The van der Waals surface area contributed by atoms with Crippen LogP contribution in [0.25, 0.3) is 0 Å². The summed E-state index contributed by atoms with van der Waals surface area (Å²) >= 11 is 0. The van der Waals surface area contributed by atoms with Gasteiger partial charge < -0.3 is 19.5 Å². The second kappa shape index (κ2) is 6.23. The lowest BCUT2D eigenvalue weighted by molar-refractivity contribution is -0.150. The van der Waals surface area contributed by atoms with Gasteiger partial charge in [-0.05, 0) is 33.6 Å². The molecular weight excluding hydrogens is 250 g/mol. The lowest BCUT2D eigenvalue weighted by Gasteiger charge is -2.39. The van der Waals surface area contributed by atoms with Gasteiger partial charge in [0.05, 0.1) is 25.7 Å².